The maximum Gasteiger partial charge on any atom is 0.311 e. The van der Waals surface area contributed by atoms with Crippen molar-refractivity contribution < 1.29 is 23.8 Å². The predicted molar refractivity (Wildman–Crippen MR) is 110 cm³/mol. The maximum atomic E-state index is 11.9. The number of nitro groups is 2. The zero-order chi connectivity index (χ0) is 22.4. The number of nitrogens with one attached hydrogen (secondary N) is 1. The Kier molecular flexibility index (Phi) is 6.36. The van der Waals surface area contributed by atoms with Gasteiger partial charge in [-0.05, 0) is 36.8 Å². The van der Waals surface area contributed by atoms with Crippen LogP contribution in [0.3, 0.4) is 0 Å². The van der Waals surface area contributed by atoms with Crippen molar-refractivity contribution in [3.05, 3.63) is 86.1 Å². The fourth-order valence-corrected chi connectivity index (χ4v) is 2.64. The van der Waals surface area contributed by atoms with Crippen LogP contribution in [0.25, 0.3) is 11.3 Å². The lowest BCUT2D eigenvalue weighted by molar-refractivity contribution is -0.385. The lowest BCUT2D eigenvalue weighted by atomic mass is 10.1. The molecular weight excluding hydrogens is 408 g/mol. The van der Waals surface area contributed by atoms with Gasteiger partial charge in [0.15, 0.2) is 12.4 Å². The number of benzene rings is 2. The van der Waals surface area contributed by atoms with Crippen molar-refractivity contribution in [1.29, 1.82) is 0 Å². The SMILES string of the molecule is Cc1ccc(OCC(=O)N/N=C/c2ccc(-c3ccccc3[N+](=O)[O-])o2)c([N+](=O)[O-])c1. The van der Waals surface area contributed by atoms with Crippen molar-refractivity contribution >= 4 is 23.5 Å². The van der Waals surface area contributed by atoms with Gasteiger partial charge in [0.05, 0.1) is 21.6 Å². The van der Waals surface area contributed by atoms with Gasteiger partial charge in [0.1, 0.15) is 11.5 Å². The molecule has 0 aliphatic carbocycles. The van der Waals surface area contributed by atoms with Crippen molar-refractivity contribution in [1.82, 2.24) is 5.43 Å². The van der Waals surface area contributed by atoms with E-state index in [1.165, 1.54) is 30.5 Å². The van der Waals surface area contributed by atoms with E-state index in [0.29, 0.717) is 11.1 Å². The van der Waals surface area contributed by atoms with Gasteiger partial charge in [-0.3, -0.25) is 25.0 Å². The lowest BCUT2D eigenvalue weighted by Crippen LogP contribution is -2.24. The summed E-state index contributed by atoms with van der Waals surface area (Å²) in [4.78, 5) is 33.0. The monoisotopic (exact) mass is 424 g/mol. The van der Waals surface area contributed by atoms with E-state index in [9.17, 15) is 25.0 Å². The van der Waals surface area contributed by atoms with Crippen LogP contribution in [0.5, 0.6) is 5.75 Å². The minimum absolute atomic E-state index is 0.0325. The first-order valence-corrected chi connectivity index (χ1v) is 8.88. The summed E-state index contributed by atoms with van der Waals surface area (Å²) in [6.07, 6.45) is 1.21. The summed E-state index contributed by atoms with van der Waals surface area (Å²) >= 11 is 0. The highest BCUT2D eigenvalue weighted by atomic mass is 16.6. The molecule has 0 atom stereocenters. The molecule has 0 saturated heterocycles. The summed E-state index contributed by atoms with van der Waals surface area (Å²) in [5.74, 6) is -0.148. The Bertz CT molecular complexity index is 1170. The molecule has 1 N–H and O–H groups in total. The Labute approximate surface area is 175 Å². The number of carbonyl (C=O) groups excluding carboxylic acids is 1. The molecule has 31 heavy (non-hydrogen) atoms. The number of amides is 1. The Balaban J connectivity index is 1.59. The highest BCUT2D eigenvalue weighted by Crippen LogP contribution is 2.30. The zero-order valence-electron chi connectivity index (χ0n) is 16.2. The van der Waals surface area contributed by atoms with E-state index in [1.54, 1.807) is 37.3 Å². The normalized spacial score (nSPS) is 10.7. The van der Waals surface area contributed by atoms with Gasteiger partial charge in [-0.2, -0.15) is 5.10 Å². The molecule has 0 aliphatic rings. The van der Waals surface area contributed by atoms with Gasteiger partial charge in [0, 0.05) is 12.1 Å². The molecule has 0 spiro atoms. The van der Waals surface area contributed by atoms with Gasteiger partial charge >= 0.3 is 5.69 Å². The predicted octanol–water partition coefficient (Wildman–Crippen LogP) is 3.60. The quantitative estimate of drug-likeness (QED) is 0.330. The molecule has 0 radical (unpaired) electrons. The number of aryl methyl sites for hydroxylation is 1. The van der Waals surface area contributed by atoms with Gasteiger partial charge in [0.25, 0.3) is 11.6 Å². The molecule has 11 heteroatoms. The third kappa shape index (κ3) is 5.29. The standard InChI is InChI=1S/C20H16N4O7/c1-13-6-8-19(17(10-13)24(28)29)30-12-20(25)22-21-11-14-7-9-18(31-14)15-4-2-3-5-16(15)23(26)27/h2-11H,12H2,1H3,(H,22,25)/b21-11+. The largest absolute Gasteiger partial charge is 0.477 e. The van der Waals surface area contributed by atoms with E-state index < -0.39 is 22.4 Å². The molecular formula is C20H16N4O7. The van der Waals surface area contributed by atoms with Crippen molar-refractivity contribution in [3.8, 4) is 17.1 Å². The van der Waals surface area contributed by atoms with Crippen LogP contribution >= 0.6 is 0 Å². The van der Waals surface area contributed by atoms with Crippen LogP contribution < -0.4 is 10.2 Å². The molecule has 0 aliphatic heterocycles. The zero-order valence-corrected chi connectivity index (χ0v) is 16.2. The molecule has 0 unspecified atom stereocenters. The number of hydrogen-bond donors (Lipinski definition) is 1. The van der Waals surface area contributed by atoms with Crippen LogP contribution in [0.4, 0.5) is 11.4 Å². The van der Waals surface area contributed by atoms with Crippen LogP contribution in [0, 0.1) is 27.2 Å². The van der Waals surface area contributed by atoms with Crippen LogP contribution in [0.1, 0.15) is 11.3 Å². The number of carbonyl (C=O) groups is 1. The molecule has 2 aromatic carbocycles. The summed E-state index contributed by atoms with van der Waals surface area (Å²) in [5.41, 5.74) is 2.86. The second-order valence-corrected chi connectivity index (χ2v) is 6.29. The molecule has 1 aromatic heterocycles. The van der Waals surface area contributed by atoms with E-state index in [0.717, 1.165) is 0 Å². The first kappa shape index (κ1) is 21.2. The smallest absolute Gasteiger partial charge is 0.311 e. The molecule has 3 rings (SSSR count). The van der Waals surface area contributed by atoms with E-state index in [4.69, 9.17) is 9.15 Å². The summed E-state index contributed by atoms with van der Waals surface area (Å²) in [5, 5.41) is 25.9. The summed E-state index contributed by atoms with van der Waals surface area (Å²) in [6.45, 7) is 1.22. The molecule has 158 valence electrons. The molecule has 0 fully saturated rings. The molecule has 0 bridgehead atoms. The third-order valence-corrected chi connectivity index (χ3v) is 4.04. The Morgan fingerprint density at radius 2 is 1.84 bits per heavy atom. The number of para-hydroxylation sites is 1. The van der Waals surface area contributed by atoms with Crippen LogP contribution in [0.2, 0.25) is 0 Å². The molecule has 1 amide bonds. The van der Waals surface area contributed by atoms with Gasteiger partial charge in [0.2, 0.25) is 0 Å². The van der Waals surface area contributed by atoms with E-state index in [-0.39, 0.29) is 28.6 Å². The van der Waals surface area contributed by atoms with Crippen molar-refractivity contribution in [2.45, 2.75) is 6.92 Å². The highest BCUT2D eigenvalue weighted by Gasteiger charge is 2.17. The van der Waals surface area contributed by atoms with Crippen LogP contribution in [-0.4, -0.2) is 28.6 Å². The number of nitrogens with zero attached hydrogens (tertiary/aromatic N) is 3. The number of rotatable bonds is 8. The van der Waals surface area contributed by atoms with Crippen molar-refractivity contribution in [2.24, 2.45) is 5.10 Å². The van der Waals surface area contributed by atoms with Gasteiger partial charge in [-0.25, -0.2) is 5.43 Å². The Hall–Kier alpha value is -4.54. The number of furan rings is 1. The van der Waals surface area contributed by atoms with Crippen molar-refractivity contribution in [3.63, 3.8) is 0 Å². The first-order valence-electron chi connectivity index (χ1n) is 8.88. The average molecular weight is 424 g/mol. The molecule has 1 heterocycles. The van der Waals surface area contributed by atoms with E-state index in [2.05, 4.69) is 10.5 Å². The summed E-state index contributed by atoms with van der Waals surface area (Å²) < 4.78 is 10.7. The summed E-state index contributed by atoms with van der Waals surface area (Å²) in [6, 6.07) is 13.6. The number of hydrogen-bond acceptors (Lipinski definition) is 8. The molecule has 0 saturated carbocycles. The minimum Gasteiger partial charge on any atom is -0.477 e. The van der Waals surface area contributed by atoms with Gasteiger partial charge < -0.3 is 9.15 Å². The van der Waals surface area contributed by atoms with Gasteiger partial charge in [-0.15, -0.1) is 0 Å². The Morgan fingerprint density at radius 1 is 1.10 bits per heavy atom. The average Bonchev–Trinajstić information content (AvgIpc) is 3.21. The molecule has 3 aromatic rings. The summed E-state index contributed by atoms with van der Waals surface area (Å²) in [7, 11) is 0. The van der Waals surface area contributed by atoms with Crippen LogP contribution in [-0.2, 0) is 4.79 Å². The molecule has 11 nitrogen and oxygen atoms in total. The fraction of sp³-hybridized carbons (Fsp3) is 0.100. The highest BCUT2D eigenvalue weighted by molar-refractivity contribution is 5.82. The topological polar surface area (TPSA) is 150 Å². The third-order valence-electron chi connectivity index (χ3n) is 4.04. The number of nitro benzene ring substituents is 2. The lowest BCUT2D eigenvalue weighted by Gasteiger charge is -2.06. The van der Waals surface area contributed by atoms with Crippen molar-refractivity contribution in [2.75, 3.05) is 6.61 Å². The number of hydrazone groups is 1. The van der Waals surface area contributed by atoms with E-state index >= 15 is 0 Å². The number of ether oxygens (including phenoxy) is 1. The Morgan fingerprint density at radius 3 is 2.58 bits per heavy atom. The second kappa shape index (κ2) is 9.31. The van der Waals surface area contributed by atoms with Crippen LogP contribution in [0.15, 0.2) is 64.1 Å². The first-order chi connectivity index (χ1) is 14.8. The second-order valence-electron chi connectivity index (χ2n) is 6.29. The minimum atomic E-state index is -0.642. The van der Waals surface area contributed by atoms with E-state index in [1.807, 2.05) is 0 Å². The maximum absolute atomic E-state index is 11.9. The van der Waals surface area contributed by atoms with Gasteiger partial charge in [-0.1, -0.05) is 18.2 Å². The fourth-order valence-electron chi connectivity index (χ4n) is 2.64.